The van der Waals surface area contributed by atoms with E-state index in [0.717, 1.165) is 5.56 Å². The van der Waals surface area contributed by atoms with E-state index >= 15 is 0 Å². The first kappa shape index (κ1) is 24.1. The van der Waals surface area contributed by atoms with E-state index in [9.17, 15) is 9.65 Å². The Labute approximate surface area is 207 Å². The van der Waals surface area contributed by atoms with Crippen molar-refractivity contribution < 1.29 is 18.6 Å². The van der Waals surface area contributed by atoms with Crippen LogP contribution >= 0.6 is 11.8 Å². The summed E-state index contributed by atoms with van der Waals surface area (Å²) in [5.41, 5.74) is 1.87. The molecular formula is C26H23FN4O3S. The molecule has 0 N–H and O–H groups in total. The second-order valence-electron chi connectivity index (χ2n) is 7.43. The molecule has 0 saturated carbocycles. The Morgan fingerprint density at radius 3 is 2.20 bits per heavy atom. The van der Waals surface area contributed by atoms with Crippen molar-refractivity contribution in [2.75, 3.05) is 21.3 Å². The van der Waals surface area contributed by atoms with E-state index in [1.165, 1.54) is 39.2 Å². The van der Waals surface area contributed by atoms with Gasteiger partial charge in [-0.25, -0.2) is 4.39 Å². The summed E-state index contributed by atoms with van der Waals surface area (Å²) in [5, 5.41) is 18.5. The van der Waals surface area contributed by atoms with Crippen LogP contribution in [0, 0.1) is 17.1 Å². The molecule has 1 heterocycles. The lowest BCUT2D eigenvalue weighted by Gasteiger charge is -2.16. The summed E-state index contributed by atoms with van der Waals surface area (Å²) < 4.78 is 33.0. The van der Waals surface area contributed by atoms with Gasteiger partial charge in [-0.3, -0.25) is 4.57 Å². The van der Waals surface area contributed by atoms with Gasteiger partial charge in [0, 0.05) is 5.56 Å². The lowest BCUT2D eigenvalue weighted by atomic mass is 10.1. The van der Waals surface area contributed by atoms with E-state index in [1.807, 2.05) is 30.3 Å². The van der Waals surface area contributed by atoms with E-state index in [4.69, 9.17) is 14.2 Å². The minimum absolute atomic E-state index is 0.264. The quantitative estimate of drug-likeness (QED) is 0.294. The summed E-state index contributed by atoms with van der Waals surface area (Å²) in [6, 6.07) is 21.9. The van der Waals surface area contributed by atoms with Gasteiger partial charge in [-0.1, -0.05) is 54.2 Å². The molecule has 4 aromatic rings. The van der Waals surface area contributed by atoms with Crippen molar-refractivity contribution in [1.29, 1.82) is 5.26 Å². The number of nitrogens with zero attached hydrogens (tertiary/aromatic N) is 4. The van der Waals surface area contributed by atoms with Crippen molar-refractivity contribution in [3.05, 3.63) is 78.1 Å². The number of para-hydroxylation sites is 1. The second-order valence-corrected chi connectivity index (χ2v) is 8.60. The molecule has 0 unspecified atom stereocenters. The number of thioether (sulfide) groups is 1. The summed E-state index contributed by atoms with van der Waals surface area (Å²) in [6.07, 6.45) is 0.506. The standard InChI is InChI=1S/C26H23FN4O3S/c1-32-22-14-18(15-23(33-2)24(22)34-3)25-29-30-26(31(25)21-12-8-7-11-20(21)27)35-19(16-28)13-17-9-5-4-6-10-17/h4-12,14-15,19H,13H2,1-3H3/t19-/m1/s1. The van der Waals surface area contributed by atoms with Gasteiger partial charge in [0.1, 0.15) is 11.1 Å². The Morgan fingerprint density at radius 2 is 1.60 bits per heavy atom. The fraction of sp³-hybridized carbons (Fsp3) is 0.192. The Morgan fingerprint density at radius 1 is 0.943 bits per heavy atom. The fourth-order valence-electron chi connectivity index (χ4n) is 3.66. The van der Waals surface area contributed by atoms with Crippen LogP contribution in [0.4, 0.5) is 4.39 Å². The first-order valence-electron chi connectivity index (χ1n) is 10.7. The van der Waals surface area contributed by atoms with Crippen LogP contribution in [0.3, 0.4) is 0 Å². The van der Waals surface area contributed by atoms with Crippen molar-refractivity contribution in [1.82, 2.24) is 14.8 Å². The highest BCUT2D eigenvalue weighted by Gasteiger charge is 2.24. The van der Waals surface area contributed by atoms with E-state index in [0.29, 0.717) is 40.2 Å². The van der Waals surface area contributed by atoms with Gasteiger partial charge in [0.05, 0.1) is 33.1 Å². The lowest BCUT2D eigenvalue weighted by molar-refractivity contribution is 0.324. The number of aromatic nitrogens is 3. The predicted molar refractivity (Wildman–Crippen MR) is 132 cm³/mol. The molecule has 35 heavy (non-hydrogen) atoms. The third-order valence-corrected chi connectivity index (χ3v) is 6.34. The van der Waals surface area contributed by atoms with Crippen molar-refractivity contribution >= 4 is 11.8 Å². The number of benzene rings is 3. The molecule has 1 aromatic heterocycles. The molecule has 7 nitrogen and oxygen atoms in total. The first-order chi connectivity index (χ1) is 17.1. The Balaban J connectivity index is 1.83. The van der Waals surface area contributed by atoms with E-state index in [1.54, 1.807) is 34.9 Å². The topological polar surface area (TPSA) is 82.2 Å². The zero-order chi connectivity index (χ0) is 24.8. The van der Waals surface area contributed by atoms with Crippen molar-refractivity contribution in [3.63, 3.8) is 0 Å². The van der Waals surface area contributed by atoms with Gasteiger partial charge in [-0.15, -0.1) is 10.2 Å². The van der Waals surface area contributed by atoms with Crippen LogP contribution in [0.15, 0.2) is 71.9 Å². The summed E-state index contributed by atoms with van der Waals surface area (Å²) in [5.74, 6) is 1.21. The number of ether oxygens (including phenoxy) is 3. The van der Waals surface area contributed by atoms with E-state index in [2.05, 4.69) is 16.3 Å². The third-order valence-electron chi connectivity index (χ3n) is 5.31. The van der Waals surface area contributed by atoms with Gasteiger partial charge in [0.2, 0.25) is 5.75 Å². The fourth-order valence-corrected chi connectivity index (χ4v) is 4.62. The van der Waals surface area contributed by atoms with Crippen molar-refractivity contribution in [3.8, 4) is 40.4 Å². The summed E-state index contributed by atoms with van der Waals surface area (Å²) in [7, 11) is 4.56. The molecule has 0 spiro atoms. The molecule has 0 aliphatic carbocycles. The van der Waals surface area contributed by atoms with Crippen LogP contribution in [0.1, 0.15) is 5.56 Å². The predicted octanol–water partition coefficient (Wildman–Crippen LogP) is 5.33. The molecule has 3 aromatic carbocycles. The maximum absolute atomic E-state index is 15.0. The summed E-state index contributed by atoms with van der Waals surface area (Å²) >= 11 is 1.23. The summed E-state index contributed by atoms with van der Waals surface area (Å²) in [4.78, 5) is 0. The number of nitriles is 1. The van der Waals surface area contributed by atoms with Crippen LogP contribution in [0.25, 0.3) is 17.1 Å². The minimum atomic E-state index is -0.458. The Hall–Kier alpha value is -4.03. The molecule has 9 heteroatoms. The van der Waals surface area contributed by atoms with Gasteiger partial charge >= 0.3 is 0 Å². The SMILES string of the molecule is COc1cc(-c2nnc(S[C@@H](C#N)Cc3ccccc3)n2-c2ccccc2F)cc(OC)c1OC. The Bertz CT molecular complexity index is 1330. The van der Waals surface area contributed by atoms with Gasteiger partial charge in [-0.2, -0.15) is 5.26 Å². The van der Waals surface area contributed by atoms with Crippen molar-refractivity contribution in [2.45, 2.75) is 16.8 Å². The van der Waals surface area contributed by atoms with Crippen LogP contribution in [-0.4, -0.2) is 41.3 Å². The van der Waals surface area contributed by atoms with Crippen molar-refractivity contribution in [2.24, 2.45) is 0 Å². The number of halogens is 1. The van der Waals surface area contributed by atoms with E-state index in [-0.39, 0.29) is 5.69 Å². The average Bonchev–Trinajstić information content (AvgIpc) is 3.31. The number of rotatable bonds is 9. The van der Waals surface area contributed by atoms with Gasteiger partial charge in [-0.05, 0) is 36.2 Å². The maximum Gasteiger partial charge on any atom is 0.203 e. The second kappa shape index (κ2) is 10.9. The van der Waals surface area contributed by atoms with Crippen LogP contribution in [0.2, 0.25) is 0 Å². The molecule has 0 amide bonds. The summed E-state index contributed by atoms with van der Waals surface area (Å²) in [6.45, 7) is 0. The molecule has 178 valence electrons. The number of hydrogen-bond acceptors (Lipinski definition) is 7. The Kier molecular flexibility index (Phi) is 7.53. The maximum atomic E-state index is 15.0. The highest BCUT2D eigenvalue weighted by molar-refractivity contribution is 8.00. The number of hydrogen-bond donors (Lipinski definition) is 0. The van der Waals surface area contributed by atoms with Crippen LogP contribution in [0.5, 0.6) is 17.2 Å². The highest BCUT2D eigenvalue weighted by Crippen LogP contribution is 2.42. The van der Waals surface area contributed by atoms with Gasteiger partial charge < -0.3 is 14.2 Å². The third kappa shape index (κ3) is 5.08. The lowest BCUT2D eigenvalue weighted by Crippen LogP contribution is -2.08. The molecule has 0 aliphatic rings. The van der Waals surface area contributed by atoms with Crippen LogP contribution in [-0.2, 0) is 6.42 Å². The monoisotopic (exact) mass is 490 g/mol. The normalized spacial score (nSPS) is 11.5. The smallest absolute Gasteiger partial charge is 0.203 e. The zero-order valence-corrected chi connectivity index (χ0v) is 20.3. The molecule has 0 aliphatic heterocycles. The highest BCUT2D eigenvalue weighted by atomic mass is 32.2. The zero-order valence-electron chi connectivity index (χ0n) is 19.4. The van der Waals surface area contributed by atoms with Crippen LogP contribution < -0.4 is 14.2 Å². The van der Waals surface area contributed by atoms with E-state index < -0.39 is 11.1 Å². The molecular weight excluding hydrogens is 467 g/mol. The average molecular weight is 491 g/mol. The molecule has 4 rings (SSSR count). The molecule has 0 bridgehead atoms. The molecule has 0 saturated heterocycles. The first-order valence-corrected chi connectivity index (χ1v) is 11.6. The minimum Gasteiger partial charge on any atom is -0.493 e. The largest absolute Gasteiger partial charge is 0.493 e. The van der Waals surface area contributed by atoms with Gasteiger partial charge in [0.15, 0.2) is 22.5 Å². The molecule has 0 fully saturated rings. The van der Waals surface area contributed by atoms with Gasteiger partial charge in [0.25, 0.3) is 0 Å². The molecule has 0 radical (unpaired) electrons. The number of methoxy groups -OCH3 is 3. The molecule has 1 atom stereocenters.